The molecule has 2 aromatic rings. The Labute approximate surface area is 165 Å². The molecule has 1 amide bonds. The zero-order valence-corrected chi connectivity index (χ0v) is 16.6. The molecular formula is C22H26N2O4. The van der Waals surface area contributed by atoms with Gasteiger partial charge in [-0.15, -0.1) is 0 Å². The van der Waals surface area contributed by atoms with Crippen molar-refractivity contribution >= 4 is 23.3 Å². The van der Waals surface area contributed by atoms with Crippen molar-refractivity contribution in [3.05, 3.63) is 58.7 Å². The molecule has 6 nitrogen and oxygen atoms in total. The van der Waals surface area contributed by atoms with E-state index in [0.717, 1.165) is 48.7 Å². The highest BCUT2D eigenvalue weighted by Crippen LogP contribution is 2.20. The molecule has 148 valence electrons. The second-order valence-corrected chi connectivity index (χ2v) is 7.04. The van der Waals surface area contributed by atoms with Crippen LogP contribution in [0.3, 0.4) is 0 Å². The van der Waals surface area contributed by atoms with Crippen LogP contribution in [0.25, 0.3) is 0 Å². The molecule has 1 aliphatic rings. The molecule has 0 radical (unpaired) electrons. The van der Waals surface area contributed by atoms with Crippen molar-refractivity contribution in [1.29, 1.82) is 0 Å². The maximum Gasteiger partial charge on any atom is 0.339 e. The quantitative estimate of drug-likeness (QED) is 0.804. The summed E-state index contributed by atoms with van der Waals surface area (Å²) in [4.78, 5) is 26.7. The number of ether oxygens (including phenoxy) is 2. The first kappa shape index (κ1) is 19.9. The highest BCUT2D eigenvalue weighted by Gasteiger charge is 2.16. The molecule has 1 aliphatic heterocycles. The van der Waals surface area contributed by atoms with Crippen LogP contribution in [0.15, 0.2) is 36.4 Å². The van der Waals surface area contributed by atoms with Crippen molar-refractivity contribution in [1.82, 2.24) is 0 Å². The predicted molar refractivity (Wildman–Crippen MR) is 109 cm³/mol. The van der Waals surface area contributed by atoms with E-state index in [0.29, 0.717) is 11.3 Å². The third kappa shape index (κ3) is 4.89. The number of anilines is 2. The van der Waals surface area contributed by atoms with E-state index in [1.807, 2.05) is 57.2 Å². The van der Waals surface area contributed by atoms with Crippen LogP contribution in [0.1, 0.15) is 27.0 Å². The Morgan fingerprint density at radius 3 is 2.25 bits per heavy atom. The average Bonchev–Trinajstić information content (AvgIpc) is 2.67. The molecular weight excluding hydrogens is 356 g/mol. The van der Waals surface area contributed by atoms with Crippen molar-refractivity contribution in [3.8, 4) is 0 Å². The Kier molecular flexibility index (Phi) is 6.31. The van der Waals surface area contributed by atoms with Gasteiger partial charge in [0, 0.05) is 24.5 Å². The number of benzene rings is 2. The number of hydrogen-bond donors (Lipinski definition) is 1. The molecule has 0 spiro atoms. The Morgan fingerprint density at radius 2 is 1.64 bits per heavy atom. The van der Waals surface area contributed by atoms with E-state index in [9.17, 15) is 9.59 Å². The smallest absolute Gasteiger partial charge is 0.339 e. The predicted octanol–water partition coefficient (Wildman–Crippen LogP) is 3.24. The van der Waals surface area contributed by atoms with Gasteiger partial charge in [-0.2, -0.15) is 0 Å². The SMILES string of the molecule is Cc1cc(C)c(C(=O)OCC(=O)Nc2ccc(N3CCOCC3)cc2)c(C)c1. The van der Waals surface area contributed by atoms with E-state index in [-0.39, 0.29) is 12.5 Å². The molecule has 2 aromatic carbocycles. The van der Waals surface area contributed by atoms with E-state index in [2.05, 4.69) is 10.2 Å². The number of amides is 1. The standard InChI is InChI=1S/C22H26N2O4/c1-15-12-16(2)21(17(3)13-15)22(26)28-14-20(25)23-18-4-6-19(7-5-18)24-8-10-27-11-9-24/h4-7,12-13H,8-11,14H2,1-3H3,(H,23,25). The normalized spacial score (nSPS) is 13.9. The summed E-state index contributed by atoms with van der Waals surface area (Å²) in [5.41, 5.74) is 5.07. The lowest BCUT2D eigenvalue weighted by molar-refractivity contribution is -0.119. The summed E-state index contributed by atoms with van der Waals surface area (Å²) in [5, 5.41) is 2.76. The molecule has 3 rings (SSSR count). The summed E-state index contributed by atoms with van der Waals surface area (Å²) in [5.74, 6) is -0.845. The molecule has 0 aliphatic carbocycles. The maximum atomic E-state index is 12.4. The molecule has 1 fully saturated rings. The van der Waals surface area contributed by atoms with E-state index in [1.165, 1.54) is 0 Å². The van der Waals surface area contributed by atoms with Gasteiger partial charge in [-0.05, 0) is 56.2 Å². The number of nitrogens with zero attached hydrogens (tertiary/aromatic N) is 1. The van der Waals surface area contributed by atoms with Gasteiger partial charge in [0.15, 0.2) is 6.61 Å². The molecule has 0 atom stereocenters. The summed E-state index contributed by atoms with van der Waals surface area (Å²) in [6.45, 7) is 8.57. The van der Waals surface area contributed by atoms with Crippen LogP contribution in [0.5, 0.6) is 0 Å². The summed E-state index contributed by atoms with van der Waals surface area (Å²) in [6.07, 6.45) is 0. The largest absolute Gasteiger partial charge is 0.452 e. The van der Waals surface area contributed by atoms with Gasteiger partial charge in [0.2, 0.25) is 0 Å². The Hall–Kier alpha value is -2.86. The fraction of sp³-hybridized carbons (Fsp3) is 0.364. The highest BCUT2D eigenvalue weighted by molar-refractivity contribution is 5.97. The molecule has 1 saturated heterocycles. The molecule has 1 N–H and O–H groups in total. The minimum absolute atomic E-state index is 0.323. The molecule has 0 unspecified atom stereocenters. The molecule has 0 saturated carbocycles. The second kappa shape index (κ2) is 8.89. The molecule has 28 heavy (non-hydrogen) atoms. The summed E-state index contributed by atoms with van der Waals surface area (Å²) >= 11 is 0. The van der Waals surface area contributed by atoms with Gasteiger partial charge in [0.1, 0.15) is 0 Å². The van der Waals surface area contributed by atoms with Crippen LogP contribution >= 0.6 is 0 Å². The van der Waals surface area contributed by atoms with Crippen LogP contribution in [0.2, 0.25) is 0 Å². The summed E-state index contributed by atoms with van der Waals surface area (Å²) in [6, 6.07) is 11.5. The van der Waals surface area contributed by atoms with Crippen molar-refractivity contribution in [2.75, 3.05) is 43.1 Å². The Bertz CT molecular complexity index is 832. The first-order valence-corrected chi connectivity index (χ1v) is 9.41. The lowest BCUT2D eigenvalue weighted by Crippen LogP contribution is -2.36. The van der Waals surface area contributed by atoms with Crippen LogP contribution in [0.4, 0.5) is 11.4 Å². The Balaban J connectivity index is 1.53. The number of rotatable bonds is 5. The van der Waals surface area contributed by atoms with Crippen molar-refractivity contribution in [3.63, 3.8) is 0 Å². The van der Waals surface area contributed by atoms with Crippen LogP contribution in [-0.4, -0.2) is 44.8 Å². The number of esters is 1. The van der Waals surface area contributed by atoms with Gasteiger partial charge in [-0.3, -0.25) is 4.79 Å². The summed E-state index contributed by atoms with van der Waals surface area (Å²) < 4.78 is 10.6. The third-order valence-electron chi connectivity index (χ3n) is 4.74. The zero-order chi connectivity index (χ0) is 20.1. The minimum Gasteiger partial charge on any atom is -0.452 e. The van der Waals surface area contributed by atoms with Gasteiger partial charge in [0.25, 0.3) is 5.91 Å². The first-order valence-electron chi connectivity index (χ1n) is 9.41. The van der Waals surface area contributed by atoms with Gasteiger partial charge >= 0.3 is 5.97 Å². The Morgan fingerprint density at radius 1 is 1.04 bits per heavy atom. The fourth-order valence-electron chi connectivity index (χ4n) is 3.48. The first-order chi connectivity index (χ1) is 13.4. The second-order valence-electron chi connectivity index (χ2n) is 7.04. The summed E-state index contributed by atoms with van der Waals surface area (Å²) in [7, 11) is 0. The third-order valence-corrected chi connectivity index (χ3v) is 4.74. The molecule has 6 heteroatoms. The number of morpholine rings is 1. The van der Waals surface area contributed by atoms with E-state index in [1.54, 1.807) is 0 Å². The number of hydrogen-bond acceptors (Lipinski definition) is 5. The van der Waals surface area contributed by atoms with Crippen molar-refractivity contribution < 1.29 is 19.1 Å². The van der Waals surface area contributed by atoms with Gasteiger partial charge in [0.05, 0.1) is 18.8 Å². The van der Waals surface area contributed by atoms with Crippen LogP contribution in [-0.2, 0) is 14.3 Å². The number of nitrogens with one attached hydrogen (secondary N) is 1. The zero-order valence-electron chi connectivity index (χ0n) is 16.6. The molecule has 1 heterocycles. The molecule has 0 aromatic heterocycles. The number of carbonyl (C=O) groups is 2. The van der Waals surface area contributed by atoms with Crippen molar-refractivity contribution in [2.45, 2.75) is 20.8 Å². The van der Waals surface area contributed by atoms with E-state index >= 15 is 0 Å². The monoisotopic (exact) mass is 382 g/mol. The topological polar surface area (TPSA) is 67.9 Å². The number of carbonyl (C=O) groups excluding carboxylic acids is 2. The fourth-order valence-corrected chi connectivity index (χ4v) is 3.48. The number of aryl methyl sites for hydroxylation is 3. The lowest BCUT2D eigenvalue weighted by Gasteiger charge is -2.28. The van der Waals surface area contributed by atoms with Gasteiger partial charge in [-0.1, -0.05) is 17.7 Å². The average molecular weight is 382 g/mol. The van der Waals surface area contributed by atoms with Crippen LogP contribution < -0.4 is 10.2 Å². The van der Waals surface area contributed by atoms with E-state index in [4.69, 9.17) is 9.47 Å². The maximum absolute atomic E-state index is 12.4. The van der Waals surface area contributed by atoms with Gasteiger partial charge < -0.3 is 19.7 Å². The van der Waals surface area contributed by atoms with E-state index < -0.39 is 5.97 Å². The van der Waals surface area contributed by atoms with Gasteiger partial charge in [-0.25, -0.2) is 4.79 Å². The minimum atomic E-state index is -0.479. The molecule has 0 bridgehead atoms. The van der Waals surface area contributed by atoms with Crippen molar-refractivity contribution in [2.24, 2.45) is 0 Å². The highest BCUT2D eigenvalue weighted by atomic mass is 16.5. The van der Waals surface area contributed by atoms with Crippen LogP contribution in [0, 0.1) is 20.8 Å². The lowest BCUT2D eigenvalue weighted by atomic mass is 10.00.